The zero-order chi connectivity index (χ0) is 12.3. The fourth-order valence-electron chi connectivity index (χ4n) is 2.07. The first-order valence-corrected chi connectivity index (χ1v) is 5.91. The summed E-state index contributed by atoms with van der Waals surface area (Å²) in [6, 6.07) is 8.53. The maximum Gasteiger partial charge on any atom is 0.137 e. The smallest absolute Gasteiger partial charge is 0.137 e. The van der Waals surface area contributed by atoms with E-state index in [1.165, 1.54) is 5.56 Å². The van der Waals surface area contributed by atoms with Gasteiger partial charge in [-0.25, -0.2) is 0 Å². The molecule has 0 spiro atoms. The molecule has 3 nitrogen and oxygen atoms in total. The molecule has 0 saturated heterocycles. The van der Waals surface area contributed by atoms with Crippen LogP contribution < -0.4 is 5.32 Å². The molecule has 1 aromatic carbocycles. The van der Waals surface area contributed by atoms with Gasteiger partial charge in [-0.3, -0.25) is 0 Å². The van der Waals surface area contributed by atoms with E-state index >= 15 is 0 Å². The highest BCUT2D eigenvalue weighted by Crippen LogP contribution is 2.27. The van der Waals surface area contributed by atoms with Gasteiger partial charge in [0.1, 0.15) is 11.3 Å². The lowest BCUT2D eigenvalue weighted by molar-refractivity contribution is 0.180. The highest BCUT2D eigenvalue weighted by atomic mass is 16.5. The first-order chi connectivity index (χ1) is 8.26. The number of hydrogen-bond donors (Lipinski definition) is 1. The van der Waals surface area contributed by atoms with E-state index < -0.39 is 0 Å². The Morgan fingerprint density at radius 3 is 2.88 bits per heavy atom. The van der Waals surface area contributed by atoms with Gasteiger partial charge in [0.05, 0.1) is 6.04 Å². The monoisotopic (exact) mass is 233 g/mol. The first-order valence-electron chi connectivity index (χ1n) is 5.91. The largest absolute Gasteiger partial charge is 0.459 e. The van der Waals surface area contributed by atoms with Crippen LogP contribution in [0.4, 0.5) is 0 Å². The Morgan fingerprint density at radius 2 is 2.24 bits per heavy atom. The molecule has 1 unspecified atom stereocenters. The maximum atomic E-state index is 5.93. The van der Waals surface area contributed by atoms with Crippen LogP contribution in [0.1, 0.15) is 23.8 Å². The van der Waals surface area contributed by atoms with E-state index in [0.29, 0.717) is 0 Å². The Morgan fingerprint density at radius 1 is 1.41 bits per heavy atom. The second-order valence-corrected chi connectivity index (χ2v) is 4.26. The van der Waals surface area contributed by atoms with E-state index in [1.54, 1.807) is 7.11 Å². The first kappa shape index (κ1) is 12.1. The number of rotatable bonds is 5. The summed E-state index contributed by atoms with van der Waals surface area (Å²) in [5.74, 6) is 0.980. The summed E-state index contributed by atoms with van der Waals surface area (Å²) in [5.41, 5.74) is 2.16. The maximum absolute atomic E-state index is 5.93. The fraction of sp³-hybridized carbons (Fsp3) is 0.429. The van der Waals surface area contributed by atoms with Crippen LogP contribution in [0.5, 0.6) is 0 Å². The van der Waals surface area contributed by atoms with E-state index in [2.05, 4.69) is 36.5 Å². The van der Waals surface area contributed by atoms with Gasteiger partial charge in [0.25, 0.3) is 0 Å². The van der Waals surface area contributed by atoms with Crippen LogP contribution in [-0.2, 0) is 4.74 Å². The predicted octanol–water partition coefficient (Wildman–Crippen LogP) is 3.04. The van der Waals surface area contributed by atoms with Crippen LogP contribution in [-0.4, -0.2) is 20.8 Å². The van der Waals surface area contributed by atoms with E-state index in [4.69, 9.17) is 9.15 Å². The van der Waals surface area contributed by atoms with Gasteiger partial charge in [-0.2, -0.15) is 0 Å². The molecule has 0 saturated carbocycles. The minimum Gasteiger partial charge on any atom is -0.459 e. The number of para-hydroxylation sites is 1. The lowest BCUT2D eigenvalue weighted by Gasteiger charge is -2.12. The van der Waals surface area contributed by atoms with Crippen LogP contribution in [0.15, 0.2) is 28.7 Å². The second-order valence-electron chi connectivity index (χ2n) is 4.26. The molecule has 0 aliphatic heterocycles. The predicted molar refractivity (Wildman–Crippen MR) is 69.2 cm³/mol. The van der Waals surface area contributed by atoms with Crippen molar-refractivity contribution < 1.29 is 9.15 Å². The van der Waals surface area contributed by atoms with Crippen LogP contribution >= 0.6 is 0 Å². The van der Waals surface area contributed by atoms with Gasteiger partial charge in [0, 0.05) is 19.1 Å². The Labute approximate surface area is 102 Å². The molecule has 2 rings (SSSR count). The van der Waals surface area contributed by atoms with Crippen LogP contribution in [0, 0.1) is 6.92 Å². The molecule has 1 atom stereocenters. The molecule has 0 aliphatic carbocycles. The van der Waals surface area contributed by atoms with Gasteiger partial charge in [0.2, 0.25) is 0 Å². The molecule has 0 aliphatic rings. The number of methoxy groups -OCH3 is 1. The molecule has 1 heterocycles. The third-order valence-electron chi connectivity index (χ3n) is 3.06. The Balaban J connectivity index is 2.31. The van der Waals surface area contributed by atoms with Gasteiger partial charge in [-0.1, -0.05) is 18.2 Å². The van der Waals surface area contributed by atoms with Crippen molar-refractivity contribution in [2.75, 3.05) is 20.8 Å². The fourth-order valence-corrected chi connectivity index (χ4v) is 2.07. The SMILES string of the molecule is CNC(CCOC)c1cc2cccc(C)c2o1. The molecule has 17 heavy (non-hydrogen) atoms. The van der Waals surface area contributed by atoms with Gasteiger partial charge < -0.3 is 14.5 Å². The minimum absolute atomic E-state index is 0.210. The summed E-state index contributed by atoms with van der Waals surface area (Å²) in [6.45, 7) is 2.79. The Bertz CT molecular complexity index is 490. The summed E-state index contributed by atoms with van der Waals surface area (Å²) in [7, 11) is 3.66. The van der Waals surface area contributed by atoms with Crippen molar-refractivity contribution >= 4 is 11.0 Å². The molecule has 3 heteroatoms. The highest BCUT2D eigenvalue weighted by molar-refractivity contribution is 5.80. The van der Waals surface area contributed by atoms with Gasteiger partial charge in [0.15, 0.2) is 0 Å². The van der Waals surface area contributed by atoms with Crippen molar-refractivity contribution in [3.63, 3.8) is 0 Å². The topological polar surface area (TPSA) is 34.4 Å². The number of hydrogen-bond acceptors (Lipinski definition) is 3. The van der Waals surface area contributed by atoms with Crippen molar-refractivity contribution in [3.05, 3.63) is 35.6 Å². The molecule has 0 amide bonds. The summed E-state index contributed by atoms with van der Waals surface area (Å²) in [5, 5.41) is 4.42. The lowest BCUT2D eigenvalue weighted by atomic mass is 10.1. The highest BCUT2D eigenvalue weighted by Gasteiger charge is 2.14. The van der Waals surface area contributed by atoms with Crippen molar-refractivity contribution in [3.8, 4) is 0 Å². The number of nitrogens with one attached hydrogen (secondary N) is 1. The molecule has 2 aromatic rings. The molecular formula is C14H19NO2. The summed E-state index contributed by atoms with van der Waals surface area (Å²) >= 11 is 0. The summed E-state index contributed by atoms with van der Waals surface area (Å²) < 4.78 is 11.0. The molecule has 92 valence electrons. The van der Waals surface area contributed by atoms with Gasteiger partial charge in [-0.05, 0) is 32.0 Å². The molecule has 1 N–H and O–H groups in total. The molecule has 1 aromatic heterocycles. The van der Waals surface area contributed by atoms with Crippen molar-refractivity contribution in [1.29, 1.82) is 0 Å². The number of benzene rings is 1. The Kier molecular flexibility index (Phi) is 3.82. The third kappa shape index (κ3) is 2.51. The van der Waals surface area contributed by atoms with Crippen LogP contribution in [0.25, 0.3) is 11.0 Å². The lowest BCUT2D eigenvalue weighted by Crippen LogP contribution is -2.17. The van der Waals surface area contributed by atoms with E-state index in [0.717, 1.165) is 29.8 Å². The zero-order valence-corrected chi connectivity index (χ0v) is 10.6. The second kappa shape index (κ2) is 5.34. The number of aryl methyl sites for hydroxylation is 1. The van der Waals surface area contributed by atoms with Crippen molar-refractivity contribution in [1.82, 2.24) is 5.32 Å². The molecule has 0 fully saturated rings. The van der Waals surface area contributed by atoms with Crippen LogP contribution in [0.3, 0.4) is 0 Å². The van der Waals surface area contributed by atoms with E-state index in [1.807, 2.05) is 7.05 Å². The van der Waals surface area contributed by atoms with Gasteiger partial charge >= 0.3 is 0 Å². The van der Waals surface area contributed by atoms with Crippen LogP contribution in [0.2, 0.25) is 0 Å². The number of fused-ring (bicyclic) bond motifs is 1. The molecule has 0 radical (unpaired) electrons. The summed E-state index contributed by atoms with van der Waals surface area (Å²) in [6.07, 6.45) is 0.909. The van der Waals surface area contributed by atoms with E-state index in [-0.39, 0.29) is 6.04 Å². The van der Waals surface area contributed by atoms with E-state index in [9.17, 15) is 0 Å². The number of ether oxygens (including phenoxy) is 1. The van der Waals surface area contributed by atoms with Gasteiger partial charge in [-0.15, -0.1) is 0 Å². The average molecular weight is 233 g/mol. The Hall–Kier alpha value is -1.32. The summed E-state index contributed by atoms with van der Waals surface area (Å²) in [4.78, 5) is 0. The standard InChI is InChI=1S/C14H19NO2/c1-10-5-4-6-11-9-13(17-14(10)11)12(15-2)7-8-16-3/h4-6,9,12,15H,7-8H2,1-3H3. The normalized spacial score (nSPS) is 13.1. The zero-order valence-electron chi connectivity index (χ0n) is 10.6. The van der Waals surface area contributed by atoms with Crippen molar-refractivity contribution in [2.45, 2.75) is 19.4 Å². The quantitative estimate of drug-likeness (QED) is 0.862. The third-order valence-corrected chi connectivity index (χ3v) is 3.06. The minimum atomic E-state index is 0.210. The average Bonchev–Trinajstić information content (AvgIpc) is 2.75. The number of furan rings is 1. The van der Waals surface area contributed by atoms with Crippen molar-refractivity contribution in [2.24, 2.45) is 0 Å². The molecule has 0 bridgehead atoms. The molecular weight excluding hydrogens is 214 g/mol.